The summed E-state index contributed by atoms with van der Waals surface area (Å²) in [7, 11) is 0. The molecule has 2 unspecified atom stereocenters. The van der Waals surface area contributed by atoms with Crippen molar-refractivity contribution in [1.29, 1.82) is 0 Å². The first-order valence-corrected chi connectivity index (χ1v) is 7.07. The van der Waals surface area contributed by atoms with Crippen molar-refractivity contribution < 1.29 is 14.6 Å². The summed E-state index contributed by atoms with van der Waals surface area (Å²) < 4.78 is 5.79. The predicted molar refractivity (Wildman–Crippen MR) is 84.9 cm³/mol. The maximum absolute atomic E-state index is 11.5. The highest BCUT2D eigenvalue weighted by Gasteiger charge is 2.24. The number of halogens is 1. The molecule has 0 saturated heterocycles. The second kappa shape index (κ2) is 8.22. The van der Waals surface area contributed by atoms with E-state index in [4.69, 9.17) is 10.5 Å². The third-order valence-electron chi connectivity index (χ3n) is 3.49. The Balaban J connectivity index is 0.00000220. The van der Waals surface area contributed by atoms with Crippen LogP contribution in [0.1, 0.15) is 32.6 Å². The number of nitrogens with two attached hydrogens (primary N) is 1. The topological polar surface area (TPSA) is 84.6 Å². The average Bonchev–Trinajstić information content (AvgIpc) is 2.43. The normalized spacial score (nSPS) is 22.8. The van der Waals surface area contributed by atoms with Gasteiger partial charge in [-0.15, -0.1) is 12.4 Å². The van der Waals surface area contributed by atoms with Gasteiger partial charge in [0, 0.05) is 5.69 Å². The van der Waals surface area contributed by atoms with Crippen molar-refractivity contribution >= 4 is 24.0 Å². The van der Waals surface area contributed by atoms with Crippen molar-refractivity contribution in [3.8, 4) is 5.75 Å². The van der Waals surface area contributed by atoms with Crippen LogP contribution in [0.4, 0.5) is 5.69 Å². The summed E-state index contributed by atoms with van der Waals surface area (Å²) >= 11 is 0. The Hall–Kier alpha value is -1.30. The lowest BCUT2D eigenvalue weighted by atomic mass is 9.95. The van der Waals surface area contributed by atoms with Gasteiger partial charge in [-0.25, -0.2) is 0 Å². The molecule has 0 aromatic heterocycles. The number of hydrogen-bond donors (Lipinski definition) is 3. The lowest BCUT2D eigenvalue weighted by Crippen LogP contribution is -2.34. The van der Waals surface area contributed by atoms with Gasteiger partial charge in [0.25, 0.3) is 0 Å². The van der Waals surface area contributed by atoms with Gasteiger partial charge in [0.05, 0.1) is 12.1 Å². The van der Waals surface area contributed by atoms with Gasteiger partial charge in [0.1, 0.15) is 11.9 Å². The molecular weight excluding hydrogens is 292 g/mol. The molecule has 1 aromatic carbocycles. The fourth-order valence-electron chi connectivity index (χ4n) is 2.26. The van der Waals surface area contributed by atoms with Crippen LogP contribution < -0.4 is 15.8 Å². The minimum absolute atomic E-state index is 0. The maximum Gasteiger partial charge on any atom is 0.240 e. The molecule has 4 N–H and O–H groups in total. The minimum atomic E-state index is -0.539. The molecule has 1 aromatic rings. The van der Waals surface area contributed by atoms with Gasteiger partial charge in [-0.3, -0.25) is 4.79 Å². The molecule has 1 saturated carbocycles. The van der Waals surface area contributed by atoms with E-state index in [9.17, 15) is 9.90 Å². The first-order valence-electron chi connectivity index (χ1n) is 7.07. The van der Waals surface area contributed by atoms with E-state index in [0.717, 1.165) is 25.7 Å². The number of anilines is 1. The summed E-state index contributed by atoms with van der Waals surface area (Å²) in [6.45, 7) is 1.64. The summed E-state index contributed by atoms with van der Waals surface area (Å²) in [5, 5.41) is 12.6. The molecule has 0 spiro atoms. The smallest absolute Gasteiger partial charge is 0.240 e. The first kappa shape index (κ1) is 17.8. The molecule has 6 heteroatoms. The Morgan fingerprint density at radius 2 is 1.95 bits per heavy atom. The fraction of sp³-hybridized carbons (Fsp3) is 0.533. The minimum Gasteiger partial charge on any atom is -0.488 e. The number of carbonyl (C=O) groups is 1. The second-order valence-corrected chi connectivity index (χ2v) is 5.31. The number of hydrogen-bond acceptors (Lipinski definition) is 4. The lowest BCUT2D eigenvalue weighted by molar-refractivity contribution is -0.117. The van der Waals surface area contributed by atoms with Crippen molar-refractivity contribution in [3.05, 3.63) is 24.3 Å². The summed E-state index contributed by atoms with van der Waals surface area (Å²) in [6, 6.07) is 6.58. The summed E-state index contributed by atoms with van der Waals surface area (Å²) in [4.78, 5) is 11.5. The van der Waals surface area contributed by atoms with E-state index in [2.05, 4.69) is 5.32 Å². The molecule has 1 amide bonds. The van der Waals surface area contributed by atoms with Gasteiger partial charge < -0.3 is 20.9 Å². The molecule has 1 aliphatic rings. The number of aliphatic hydroxyl groups excluding tert-OH is 1. The molecule has 1 aliphatic carbocycles. The number of ether oxygens (including phenoxy) is 1. The molecule has 0 radical (unpaired) electrons. The van der Waals surface area contributed by atoms with Gasteiger partial charge in [-0.2, -0.15) is 0 Å². The number of aliphatic hydroxyl groups is 1. The predicted octanol–water partition coefficient (Wildman–Crippen LogP) is 2.08. The van der Waals surface area contributed by atoms with E-state index >= 15 is 0 Å². The number of benzene rings is 1. The SMILES string of the molecule is C[C@H](N)C(=O)Nc1ccc(OC2CCCCC2O)cc1.Cl. The Kier molecular flexibility index (Phi) is 6.95. The molecule has 0 heterocycles. The van der Waals surface area contributed by atoms with E-state index in [1.807, 2.05) is 0 Å². The Morgan fingerprint density at radius 3 is 2.52 bits per heavy atom. The quantitative estimate of drug-likeness (QED) is 0.794. The standard InChI is InChI=1S/C15H22N2O3.ClH/c1-10(16)15(19)17-11-6-8-12(9-7-11)20-14-5-3-2-4-13(14)18;/h6-10,13-14,18H,2-5,16H2,1H3,(H,17,19);1H/t10-,13?,14?;/m0./s1. The molecular formula is C15H23ClN2O3. The fourth-order valence-corrected chi connectivity index (χ4v) is 2.26. The lowest BCUT2D eigenvalue weighted by Gasteiger charge is -2.28. The average molecular weight is 315 g/mol. The van der Waals surface area contributed by atoms with Gasteiger partial charge in [-0.1, -0.05) is 6.42 Å². The van der Waals surface area contributed by atoms with Crippen LogP contribution in [0.15, 0.2) is 24.3 Å². The number of carbonyl (C=O) groups excluding carboxylic acids is 1. The molecule has 3 atom stereocenters. The zero-order valence-corrected chi connectivity index (χ0v) is 12.9. The molecule has 5 nitrogen and oxygen atoms in total. The zero-order valence-electron chi connectivity index (χ0n) is 12.1. The van der Waals surface area contributed by atoms with Crippen molar-refractivity contribution in [2.45, 2.75) is 50.9 Å². The van der Waals surface area contributed by atoms with Gasteiger partial charge in [-0.05, 0) is 50.5 Å². The van der Waals surface area contributed by atoms with E-state index in [1.54, 1.807) is 31.2 Å². The molecule has 0 bridgehead atoms. The Morgan fingerprint density at radius 1 is 1.33 bits per heavy atom. The number of amides is 1. The Labute approximate surface area is 131 Å². The van der Waals surface area contributed by atoms with Crippen LogP contribution in [-0.4, -0.2) is 29.3 Å². The maximum atomic E-state index is 11.5. The van der Waals surface area contributed by atoms with Crippen LogP contribution in [0.5, 0.6) is 5.75 Å². The largest absolute Gasteiger partial charge is 0.488 e. The van der Waals surface area contributed by atoms with Crippen molar-refractivity contribution in [2.75, 3.05) is 5.32 Å². The van der Waals surface area contributed by atoms with E-state index in [0.29, 0.717) is 11.4 Å². The van der Waals surface area contributed by atoms with Crippen LogP contribution >= 0.6 is 12.4 Å². The monoisotopic (exact) mass is 314 g/mol. The zero-order chi connectivity index (χ0) is 14.5. The van der Waals surface area contributed by atoms with Crippen molar-refractivity contribution in [2.24, 2.45) is 5.73 Å². The van der Waals surface area contributed by atoms with E-state index < -0.39 is 6.04 Å². The van der Waals surface area contributed by atoms with E-state index in [1.165, 1.54) is 0 Å². The molecule has 1 fully saturated rings. The van der Waals surface area contributed by atoms with E-state index in [-0.39, 0.29) is 30.5 Å². The van der Waals surface area contributed by atoms with Crippen LogP contribution in [0, 0.1) is 0 Å². The van der Waals surface area contributed by atoms with Crippen LogP contribution in [0.3, 0.4) is 0 Å². The van der Waals surface area contributed by atoms with Gasteiger partial charge in [0.15, 0.2) is 0 Å². The molecule has 0 aliphatic heterocycles. The van der Waals surface area contributed by atoms with Crippen LogP contribution in [-0.2, 0) is 4.79 Å². The highest BCUT2D eigenvalue weighted by atomic mass is 35.5. The molecule has 21 heavy (non-hydrogen) atoms. The summed E-state index contributed by atoms with van der Waals surface area (Å²) in [5.74, 6) is 0.483. The molecule has 2 rings (SSSR count). The summed E-state index contributed by atoms with van der Waals surface area (Å²) in [6.07, 6.45) is 3.31. The third kappa shape index (κ3) is 5.19. The van der Waals surface area contributed by atoms with Crippen LogP contribution in [0.25, 0.3) is 0 Å². The highest BCUT2D eigenvalue weighted by molar-refractivity contribution is 5.94. The molecule has 118 valence electrons. The number of rotatable bonds is 4. The van der Waals surface area contributed by atoms with Gasteiger partial charge >= 0.3 is 0 Å². The van der Waals surface area contributed by atoms with Crippen LogP contribution in [0.2, 0.25) is 0 Å². The Bertz CT molecular complexity index is 451. The number of nitrogens with one attached hydrogen (secondary N) is 1. The van der Waals surface area contributed by atoms with Gasteiger partial charge in [0.2, 0.25) is 5.91 Å². The first-order chi connectivity index (χ1) is 9.56. The van der Waals surface area contributed by atoms with Crippen molar-refractivity contribution in [3.63, 3.8) is 0 Å². The third-order valence-corrected chi connectivity index (χ3v) is 3.49. The second-order valence-electron chi connectivity index (χ2n) is 5.31. The van der Waals surface area contributed by atoms with Crippen molar-refractivity contribution in [1.82, 2.24) is 0 Å². The summed E-state index contributed by atoms with van der Waals surface area (Å²) in [5.41, 5.74) is 6.17. The highest BCUT2D eigenvalue weighted by Crippen LogP contribution is 2.24.